The molecule has 0 aromatic carbocycles. The van der Waals surface area contributed by atoms with E-state index in [0.29, 0.717) is 6.17 Å². The molecule has 3 rings (SSSR count). The SMILES string of the molecule is CNC1CC2CCN1CC2. The molecule has 2 heteroatoms. The lowest BCUT2D eigenvalue weighted by molar-refractivity contribution is 0.0357. The van der Waals surface area contributed by atoms with E-state index in [1.54, 1.807) is 0 Å². The Morgan fingerprint density at radius 3 is 2.30 bits per heavy atom. The molecular weight excluding hydrogens is 124 g/mol. The van der Waals surface area contributed by atoms with Gasteiger partial charge in [0, 0.05) is 0 Å². The zero-order valence-electron chi connectivity index (χ0n) is 6.64. The predicted molar refractivity (Wildman–Crippen MR) is 41.8 cm³/mol. The van der Waals surface area contributed by atoms with Crippen molar-refractivity contribution in [3.8, 4) is 0 Å². The van der Waals surface area contributed by atoms with Crippen molar-refractivity contribution in [2.75, 3.05) is 20.1 Å². The molecule has 58 valence electrons. The molecule has 2 bridgehead atoms. The van der Waals surface area contributed by atoms with Crippen LogP contribution in [0.4, 0.5) is 0 Å². The molecule has 0 radical (unpaired) electrons. The van der Waals surface area contributed by atoms with Crippen molar-refractivity contribution in [1.82, 2.24) is 10.2 Å². The second-order valence-electron chi connectivity index (χ2n) is 3.52. The lowest BCUT2D eigenvalue weighted by Crippen LogP contribution is -2.54. The second kappa shape index (κ2) is 2.51. The summed E-state index contributed by atoms with van der Waals surface area (Å²) in [6, 6.07) is 0. The average Bonchev–Trinajstić information content (AvgIpc) is 2.06. The maximum Gasteiger partial charge on any atom is 0.0597 e. The summed E-state index contributed by atoms with van der Waals surface area (Å²) in [5.41, 5.74) is 0. The number of rotatable bonds is 1. The molecular formula is C8H16N2. The highest BCUT2D eigenvalue weighted by molar-refractivity contribution is 4.85. The van der Waals surface area contributed by atoms with Gasteiger partial charge in [-0.05, 0) is 45.3 Å². The highest BCUT2D eigenvalue weighted by Gasteiger charge is 2.31. The normalized spacial score (nSPS) is 45.9. The fourth-order valence-corrected chi connectivity index (χ4v) is 2.27. The molecule has 3 aliphatic heterocycles. The van der Waals surface area contributed by atoms with Gasteiger partial charge in [-0.2, -0.15) is 0 Å². The molecule has 1 atom stereocenters. The van der Waals surface area contributed by atoms with Crippen LogP contribution in [0.1, 0.15) is 19.3 Å². The van der Waals surface area contributed by atoms with E-state index in [0.717, 1.165) is 5.92 Å². The monoisotopic (exact) mass is 140 g/mol. The van der Waals surface area contributed by atoms with Crippen LogP contribution in [-0.2, 0) is 0 Å². The van der Waals surface area contributed by atoms with E-state index in [1.807, 2.05) is 0 Å². The Hall–Kier alpha value is -0.0800. The van der Waals surface area contributed by atoms with Crippen LogP contribution >= 0.6 is 0 Å². The maximum absolute atomic E-state index is 3.36. The molecule has 3 saturated heterocycles. The molecule has 0 aromatic rings. The third kappa shape index (κ3) is 0.956. The van der Waals surface area contributed by atoms with E-state index in [2.05, 4.69) is 17.3 Å². The van der Waals surface area contributed by atoms with Crippen LogP contribution in [0.15, 0.2) is 0 Å². The molecule has 10 heavy (non-hydrogen) atoms. The number of hydrogen-bond donors (Lipinski definition) is 1. The van der Waals surface area contributed by atoms with Crippen LogP contribution in [0.25, 0.3) is 0 Å². The number of piperidine rings is 3. The van der Waals surface area contributed by atoms with Crippen LogP contribution in [0, 0.1) is 5.92 Å². The van der Waals surface area contributed by atoms with Crippen LogP contribution in [-0.4, -0.2) is 31.2 Å². The van der Waals surface area contributed by atoms with Crippen molar-refractivity contribution < 1.29 is 0 Å². The molecule has 3 fully saturated rings. The minimum absolute atomic E-state index is 0.701. The smallest absolute Gasteiger partial charge is 0.0597 e. The number of nitrogens with zero attached hydrogens (tertiary/aromatic N) is 1. The van der Waals surface area contributed by atoms with E-state index in [4.69, 9.17) is 0 Å². The minimum atomic E-state index is 0.701. The zero-order valence-corrected chi connectivity index (χ0v) is 6.64. The van der Waals surface area contributed by atoms with Crippen molar-refractivity contribution in [2.45, 2.75) is 25.4 Å². The summed E-state index contributed by atoms with van der Waals surface area (Å²) in [5.74, 6) is 1.03. The molecule has 1 unspecified atom stereocenters. The van der Waals surface area contributed by atoms with Crippen molar-refractivity contribution in [3.63, 3.8) is 0 Å². The fourth-order valence-electron chi connectivity index (χ4n) is 2.27. The van der Waals surface area contributed by atoms with Gasteiger partial charge in [0.1, 0.15) is 0 Å². The number of nitrogens with one attached hydrogen (secondary N) is 1. The zero-order chi connectivity index (χ0) is 6.97. The number of hydrogen-bond acceptors (Lipinski definition) is 2. The molecule has 0 spiro atoms. The van der Waals surface area contributed by atoms with Crippen LogP contribution in [0.2, 0.25) is 0 Å². The van der Waals surface area contributed by atoms with Crippen molar-refractivity contribution in [2.24, 2.45) is 5.92 Å². The highest BCUT2D eigenvalue weighted by Crippen LogP contribution is 2.30. The molecule has 0 aliphatic carbocycles. The second-order valence-corrected chi connectivity index (χ2v) is 3.52. The van der Waals surface area contributed by atoms with E-state index in [-0.39, 0.29) is 0 Å². The molecule has 3 heterocycles. The van der Waals surface area contributed by atoms with Gasteiger partial charge >= 0.3 is 0 Å². The Labute approximate surface area is 62.6 Å². The molecule has 2 nitrogen and oxygen atoms in total. The van der Waals surface area contributed by atoms with Crippen LogP contribution in [0.3, 0.4) is 0 Å². The summed E-state index contributed by atoms with van der Waals surface area (Å²) < 4.78 is 0. The van der Waals surface area contributed by atoms with Gasteiger partial charge in [0.05, 0.1) is 6.17 Å². The third-order valence-corrected chi connectivity index (χ3v) is 2.98. The lowest BCUT2D eigenvalue weighted by atomic mass is 9.86. The van der Waals surface area contributed by atoms with E-state index < -0.39 is 0 Å². The first-order chi connectivity index (χ1) is 4.90. The summed E-state index contributed by atoms with van der Waals surface area (Å²) in [6.45, 7) is 2.66. The first-order valence-corrected chi connectivity index (χ1v) is 4.31. The van der Waals surface area contributed by atoms with E-state index >= 15 is 0 Å². The third-order valence-electron chi connectivity index (χ3n) is 2.98. The van der Waals surface area contributed by atoms with Gasteiger partial charge in [-0.3, -0.25) is 4.90 Å². The van der Waals surface area contributed by atoms with Gasteiger partial charge in [-0.15, -0.1) is 0 Å². The highest BCUT2D eigenvalue weighted by atomic mass is 15.3. The average molecular weight is 140 g/mol. The van der Waals surface area contributed by atoms with Crippen LogP contribution < -0.4 is 5.32 Å². The maximum atomic E-state index is 3.36. The largest absolute Gasteiger partial charge is 0.305 e. The summed E-state index contributed by atoms with van der Waals surface area (Å²) in [6.07, 6.45) is 4.97. The molecule has 3 aliphatic rings. The van der Waals surface area contributed by atoms with Crippen molar-refractivity contribution >= 4 is 0 Å². The summed E-state index contributed by atoms with van der Waals surface area (Å²) in [4.78, 5) is 2.57. The molecule has 0 amide bonds. The molecule has 0 aromatic heterocycles. The molecule has 0 saturated carbocycles. The first kappa shape index (κ1) is 6.62. The van der Waals surface area contributed by atoms with E-state index in [9.17, 15) is 0 Å². The Morgan fingerprint density at radius 2 is 2.00 bits per heavy atom. The number of fused-ring (bicyclic) bond motifs is 3. The van der Waals surface area contributed by atoms with Gasteiger partial charge in [0.2, 0.25) is 0 Å². The summed E-state index contributed by atoms with van der Waals surface area (Å²) >= 11 is 0. The van der Waals surface area contributed by atoms with Gasteiger partial charge < -0.3 is 5.32 Å². The Balaban J connectivity index is 2.01. The molecule has 1 N–H and O–H groups in total. The topological polar surface area (TPSA) is 15.3 Å². The van der Waals surface area contributed by atoms with Crippen molar-refractivity contribution in [1.29, 1.82) is 0 Å². The summed E-state index contributed by atoms with van der Waals surface area (Å²) in [5, 5.41) is 3.36. The quantitative estimate of drug-likeness (QED) is 0.575. The standard InChI is InChI=1S/C8H16N2/c1-9-8-6-7-2-4-10(8)5-3-7/h7-9H,2-6H2,1H3. The summed E-state index contributed by atoms with van der Waals surface area (Å²) in [7, 11) is 2.07. The fraction of sp³-hybridized carbons (Fsp3) is 1.00. The Kier molecular flexibility index (Phi) is 1.66. The Morgan fingerprint density at radius 1 is 1.30 bits per heavy atom. The van der Waals surface area contributed by atoms with Gasteiger partial charge in [-0.1, -0.05) is 0 Å². The predicted octanol–water partition coefficient (Wildman–Crippen LogP) is 0.648. The minimum Gasteiger partial charge on any atom is -0.305 e. The van der Waals surface area contributed by atoms with Crippen molar-refractivity contribution in [3.05, 3.63) is 0 Å². The van der Waals surface area contributed by atoms with Gasteiger partial charge in [0.25, 0.3) is 0 Å². The van der Waals surface area contributed by atoms with Gasteiger partial charge in [0.15, 0.2) is 0 Å². The lowest BCUT2D eigenvalue weighted by Gasteiger charge is -2.45. The Bertz CT molecular complexity index is 116. The van der Waals surface area contributed by atoms with Gasteiger partial charge in [-0.25, -0.2) is 0 Å². The first-order valence-electron chi connectivity index (χ1n) is 4.31. The van der Waals surface area contributed by atoms with Crippen LogP contribution in [0.5, 0.6) is 0 Å². The van der Waals surface area contributed by atoms with E-state index in [1.165, 1.54) is 32.4 Å².